The Morgan fingerprint density at radius 1 is 1.28 bits per heavy atom. The molecule has 0 aromatic carbocycles. The van der Waals surface area contributed by atoms with Crippen LogP contribution in [0.1, 0.15) is 13.3 Å². The van der Waals surface area contributed by atoms with Crippen molar-refractivity contribution < 1.29 is 22.7 Å². The molecule has 1 unspecified atom stereocenters. The zero-order chi connectivity index (χ0) is 18.3. The normalized spacial score (nSPS) is 12.4. The predicted octanol–water partition coefficient (Wildman–Crippen LogP) is 0.777. The highest BCUT2D eigenvalue weighted by molar-refractivity contribution is 7.91. The Hall–Kier alpha value is -2.37. The monoisotopic (exact) mass is 384 g/mol. The second-order valence-corrected chi connectivity index (χ2v) is 7.72. The Kier molecular flexibility index (Phi) is 6.56. The Balaban J connectivity index is 1.75. The number of carbonyl (C=O) groups is 2. The third-order valence-electron chi connectivity index (χ3n) is 2.86. The number of nitrogens with one attached hydrogen (secondary N) is 2. The molecule has 0 aliphatic carbocycles. The number of amides is 1. The maximum absolute atomic E-state index is 11.9. The molecule has 1 amide bonds. The zero-order valence-electron chi connectivity index (χ0n) is 13.2. The first kappa shape index (κ1) is 19.0. The number of nitrogens with zero attached hydrogens (tertiary/aromatic N) is 2. The fourth-order valence-corrected chi connectivity index (χ4v) is 3.73. The summed E-state index contributed by atoms with van der Waals surface area (Å²) in [5.74, 6) is -1.19. The highest BCUT2D eigenvalue weighted by atomic mass is 32.2. The molecule has 134 valence electrons. The van der Waals surface area contributed by atoms with Crippen LogP contribution < -0.4 is 10.0 Å². The lowest BCUT2D eigenvalue weighted by Crippen LogP contribution is -2.32. The standard InChI is InChI=1S/C14H16N4O5S2/c1-10(13(20)18-14-15-6-3-7-16-14)23-11(19)5-8-17-25(21,22)12-4-2-9-24-12/h2-4,6-7,9-10,17H,5,8H2,1H3,(H,15,16,18,20). The van der Waals surface area contributed by atoms with Gasteiger partial charge in [-0.1, -0.05) is 6.07 Å². The van der Waals surface area contributed by atoms with Crippen LogP contribution in [0.5, 0.6) is 0 Å². The number of esters is 1. The lowest BCUT2D eigenvalue weighted by Gasteiger charge is -2.12. The van der Waals surface area contributed by atoms with Crippen LogP contribution in [0.3, 0.4) is 0 Å². The minimum atomic E-state index is -3.63. The molecule has 0 saturated heterocycles. The van der Waals surface area contributed by atoms with Crippen molar-refractivity contribution in [3.05, 3.63) is 36.0 Å². The van der Waals surface area contributed by atoms with Crippen molar-refractivity contribution in [1.82, 2.24) is 14.7 Å². The quantitative estimate of drug-likeness (QED) is 0.644. The van der Waals surface area contributed by atoms with Crippen molar-refractivity contribution in [2.45, 2.75) is 23.7 Å². The van der Waals surface area contributed by atoms with E-state index in [4.69, 9.17) is 4.74 Å². The van der Waals surface area contributed by atoms with Crippen molar-refractivity contribution >= 4 is 39.2 Å². The number of aromatic nitrogens is 2. The molecule has 0 aliphatic heterocycles. The van der Waals surface area contributed by atoms with Crippen LogP contribution in [0.2, 0.25) is 0 Å². The maximum atomic E-state index is 11.9. The summed E-state index contributed by atoms with van der Waals surface area (Å²) in [5.41, 5.74) is 0. The fourth-order valence-electron chi connectivity index (χ4n) is 1.66. The molecule has 9 nitrogen and oxygen atoms in total. The van der Waals surface area contributed by atoms with Gasteiger partial charge in [-0.15, -0.1) is 11.3 Å². The summed E-state index contributed by atoms with van der Waals surface area (Å²) in [6.07, 6.45) is 1.65. The van der Waals surface area contributed by atoms with Crippen molar-refractivity contribution in [2.24, 2.45) is 0 Å². The molecule has 0 spiro atoms. The van der Waals surface area contributed by atoms with Gasteiger partial charge < -0.3 is 4.74 Å². The molecule has 2 rings (SSSR count). The molecule has 25 heavy (non-hydrogen) atoms. The van der Waals surface area contributed by atoms with E-state index in [2.05, 4.69) is 20.0 Å². The highest BCUT2D eigenvalue weighted by Gasteiger charge is 2.20. The summed E-state index contributed by atoms with van der Waals surface area (Å²) in [6.45, 7) is 1.27. The molecular formula is C14H16N4O5S2. The van der Waals surface area contributed by atoms with E-state index in [9.17, 15) is 18.0 Å². The SMILES string of the molecule is CC(OC(=O)CCNS(=O)(=O)c1cccs1)C(=O)Nc1ncccn1. The smallest absolute Gasteiger partial charge is 0.307 e. The third-order valence-corrected chi connectivity index (χ3v) is 5.72. The van der Waals surface area contributed by atoms with Gasteiger partial charge in [-0.3, -0.25) is 14.9 Å². The molecular weight excluding hydrogens is 368 g/mol. The van der Waals surface area contributed by atoms with Gasteiger partial charge in [0.15, 0.2) is 6.10 Å². The predicted molar refractivity (Wildman–Crippen MR) is 90.3 cm³/mol. The van der Waals surface area contributed by atoms with Crippen molar-refractivity contribution in [2.75, 3.05) is 11.9 Å². The lowest BCUT2D eigenvalue weighted by molar-refractivity contribution is -0.153. The van der Waals surface area contributed by atoms with Crippen LogP contribution in [0.4, 0.5) is 5.95 Å². The second kappa shape index (κ2) is 8.65. The Morgan fingerprint density at radius 2 is 2.00 bits per heavy atom. The molecule has 2 N–H and O–H groups in total. The highest BCUT2D eigenvalue weighted by Crippen LogP contribution is 2.15. The van der Waals surface area contributed by atoms with Crippen molar-refractivity contribution in [1.29, 1.82) is 0 Å². The minimum Gasteiger partial charge on any atom is -0.452 e. The van der Waals surface area contributed by atoms with Crippen LogP contribution in [0.15, 0.2) is 40.2 Å². The molecule has 11 heteroatoms. The number of thiophene rings is 1. The van der Waals surface area contributed by atoms with Crippen molar-refractivity contribution in [3.8, 4) is 0 Å². The van der Waals surface area contributed by atoms with Crippen LogP contribution in [-0.4, -0.2) is 42.9 Å². The number of hydrogen-bond acceptors (Lipinski definition) is 8. The third kappa shape index (κ3) is 5.89. The first-order valence-electron chi connectivity index (χ1n) is 7.19. The van der Waals surface area contributed by atoms with Gasteiger partial charge in [0, 0.05) is 18.9 Å². The fraction of sp³-hybridized carbons (Fsp3) is 0.286. The largest absolute Gasteiger partial charge is 0.452 e. The summed E-state index contributed by atoms with van der Waals surface area (Å²) in [5, 5.41) is 4.04. The van der Waals surface area contributed by atoms with Gasteiger partial charge in [-0.05, 0) is 24.4 Å². The van der Waals surface area contributed by atoms with Gasteiger partial charge in [0.25, 0.3) is 5.91 Å². The van der Waals surface area contributed by atoms with E-state index >= 15 is 0 Å². The molecule has 1 atom stereocenters. The first-order valence-corrected chi connectivity index (χ1v) is 9.55. The molecule has 0 fully saturated rings. The van der Waals surface area contributed by atoms with E-state index in [1.807, 2.05) is 0 Å². The van der Waals surface area contributed by atoms with Gasteiger partial charge in [-0.2, -0.15) is 0 Å². The van der Waals surface area contributed by atoms with Gasteiger partial charge in [0.1, 0.15) is 4.21 Å². The van der Waals surface area contributed by atoms with Gasteiger partial charge in [0.2, 0.25) is 16.0 Å². The number of sulfonamides is 1. The number of ether oxygens (including phenoxy) is 1. The van der Waals surface area contributed by atoms with Crippen LogP contribution in [0.25, 0.3) is 0 Å². The van der Waals surface area contributed by atoms with Crippen LogP contribution >= 0.6 is 11.3 Å². The Bertz CT molecular complexity index is 809. The van der Waals surface area contributed by atoms with E-state index in [1.54, 1.807) is 17.5 Å². The van der Waals surface area contributed by atoms with E-state index in [-0.39, 0.29) is 23.1 Å². The number of rotatable bonds is 8. The minimum absolute atomic E-state index is 0.0964. The summed E-state index contributed by atoms with van der Waals surface area (Å²) < 4.78 is 31.2. The molecule has 0 radical (unpaired) electrons. The average Bonchev–Trinajstić information content (AvgIpc) is 3.11. The number of carbonyl (C=O) groups excluding carboxylic acids is 2. The molecule has 2 aromatic rings. The van der Waals surface area contributed by atoms with Crippen LogP contribution in [-0.2, 0) is 24.3 Å². The van der Waals surface area contributed by atoms with Gasteiger partial charge in [0.05, 0.1) is 6.42 Å². The van der Waals surface area contributed by atoms with E-state index < -0.39 is 28.0 Å². The molecule has 2 aromatic heterocycles. The Morgan fingerprint density at radius 3 is 2.64 bits per heavy atom. The molecule has 2 heterocycles. The topological polar surface area (TPSA) is 127 Å². The van der Waals surface area contributed by atoms with Gasteiger partial charge in [-0.25, -0.2) is 23.1 Å². The lowest BCUT2D eigenvalue weighted by atomic mass is 10.3. The summed E-state index contributed by atoms with van der Waals surface area (Å²) in [7, 11) is -3.63. The summed E-state index contributed by atoms with van der Waals surface area (Å²) >= 11 is 1.07. The number of hydrogen-bond donors (Lipinski definition) is 2. The first-order chi connectivity index (χ1) is 11.9. The maximum Gasteiger partial charge on any atom is 0.307 e. The van der Waals surface area contributed by atoms with E-state index in [0.29, 0.717) is 0 Å². The molecule has 0 saturated carbocycles. The van der Waals surface area contributed by atoms with E-state index in [1.165, 1.54) is 25.4 Å². The summed E-state index contributed by atoms with van der Waals surface area (Å²) in [4.78, 5) is 31.2. The molecule has 0 aliphatic rings. The average molecular weight is 384 g/mol. The van der Waals surface area contributed by atoms with Crippen LogP contribution in [0, 0.1) is 0 Å². The van der Waals surface area contributed by atoms with Crippen molar-refractivity contribution in [3.63, 3.8) is 0 Å². The summed E-state index contributed by atoms with van der Waals surface area (Å²) in [6, 6.07) is 4.67. The van der Waals surface area contributed by atoms with Gasteiger partial charge >= 0.3 is 5.97 Å². The number of anilines is 1. The Labute approximate surface area is 148 Å². The second-order valence-electron chi connectivity index (χ2n) is 4.77. The zero-order valence-corrected chi connectivity index (χ0v) is 14.8. The molecule has 0 bridgehead atoms. The van der Waals surface area contributed by atoms with E-state index in [0.717, 1.165) is 11.3 Å².